The first-order valence-electron chi connectivity index (χ1n) is 4.24. The molecule has 0 aliphatic heterocycles. The summed E-state index contributed by atoms with van der Waals surface area (Å²) >= 11 is 0. The van der Waals surface area contributed by atoms with Gasteiger partial charge in [0.15, 0.2) is 5.78 Å². The molecular formula is C8H13N2O4P. The topological polar surface area (TPSA) is 70.4 Å². The van der Waals surface area contributed by atoms with Crippen molar-refractivity contribution < 1.29 is 18.4 Å². The normalized spacial score (nSPS) is 11.7. The number of aromatic nitrogens is 2. The molecule has 0 aliphatic carbocycles. The van der Waals surface area contributed by atoms with Gasteiger partial charge >= 0.3 is 7.60 Å². The molecule has 0 N–H and O–H groups in total. The molecule has 0 atom stereocenters. The minimum Gasteiger partial charge on any atom is -0.312 e. The summed E-state index contributed by atoms with van der Waals surface area (Å²) in [6, 6.07) is 1.55. The Bertz CT molecular complexity index is 393. The largest absolute Gasteiger partial charge is 0.337 e. The Morgan fingerprint density at radius 1 is 1.53 bits per heavy atom. The molecule has 0 spiro atoms. The molecule has 1 rings (SSSR count). The molecule has 0 saturated carbocycles. The molecule has 0 aromatic carbocycles. The van der Waals surface area contributed by atoms with Crippen molar-refractivity contribution in [1.29, 1.82) is 0 Å². The molecule has 0 bridgehead atoms. The van der Waals surface area contributed by atoms with Crippen LogP contribution < -0.4 is 0 Å². The smallest absolute Gasteiger partial charge is 0.312 e. The van der Waals surface area contributed by atoms with E-state index in [0.717, 1.165) is 0 Å². The van der Waals surface area contributed by atoms with E-state index in [1.165, 1.54) is 18.9 Å². The van der Waals surface area contributed by atoms with Crippen LogP contribution in [0.4, 0.5) is 0 Å². The maximum absolute atomic E-state index is 11.6. The number of nitrogens with zero attached hydrogens (tertiary/aromatic N) is 2. The van der Waals surface area contributed by atoms with E-state index < -0.39 is 7.60 Å². The third-order valence-electron chi connectivity index (χ3n) is 1.89. The van der Waals surface area contributed by atoms with E-state index in [2.05, 4.69) is 14.1 Å². The van der Waals surface area contributed by atoms with Crippen LogP contribution in [0.2, 0.25) is 0 Å². The van der Waals surface area contributed by atoms with Gasteiger partial charge < -0.3 is 9.05 Å². The summed E-state index contributed by atoms with van der Waals surface area (Å²) in [6.45, 7) is 0. The van der Waals surface area contributed by atoms with Gasteiger partial charge in [-0.3, -0.25) is 14.0 Å². The predicted molar refractivity (Wildman–Crippen MR) is 54.0 cm³/mol. The lowest BCUT2D eigenvalue weighted by molar-refractivity contribution is 0.100. The van der Waals surface area contributed by atoms with E-state index in [1.807, 2.05) is 0 Å². The SMILES string of the molecule is COP(=O)(CC(=O)c1ccn(C)n1)OC. The summed E-state index contributed by atoms with van der Waals surface area (Å²) in [5, 5.41) is 3.90. The van der Waals surface area contributed by atoms with Crippen LogP contribution >= 0.6 is 7.60 Å². The Morgan fingerprint density at radius 2 is 2.13 bits per heavy atom. The van der Waals surface area contributed by atoms with Gasteiger partial charge in [-0.25, -0.2) is 0 Å². The lowest BCUT2D eigenvalue weighted by Gasteiger charge is -2.11. The number of Topliss-reactive ketones (excluding diaryl/α,β-unsaturated/α-hetero) is 1. The monoisotopic (exact) mass is 232 g/mol. The molecule has 84 valence electrons. The van der Waals surface area contributed by atoms with Crippen LogP contribution in [0.1, 0.15) is 10.5 Å². The average molecular weight is 232 g/mol. The molecule has 0 radical (unpaired) electrons. The van der Waals surface area contributed by atoms with Gasteiger partial charge in [-0.2, -0.15) is 5.10 Å². The Hall–Kier alpha value is -0.970. The zero-order valence-electron chi connectivity index (χ0n) is 8.84. The maximum Gasteiger partial charge on any atom is 0.337 e. The van der Waals surface area contributed by atoms with Crippen molar-refractivity contribution in [2.75, 3.05) is 20.4 Å². The van der Waals surface area contributed by atoms with Gasteiger partial charge in [-0.1, -0.05) is 0 Å². The van der Waals surface area contributed by atoms with Crippen molar-refractivity contribution >= 4 is 13.4 Å². The van der Waals surface area contributed by atoms with Crippen molar-refractivity contribution in [1.82, 2.24) is 9.78 Å². The fourth-order valence-electron chi connectivity index (χ4n) is 1.02. The van der Waals surface area contributed by atoms with Gasteiger partial charge in [0.1, 0.15) is 11.9 Å². The predicted octanol–water partition coefficient (Wildman–Crippen LogP) is 1.09. The number of rotatable bonds is 5. The molecule has 0 aliphatic rings. The highest BCUT2D eigenvalue weighted by Gasteiger charge is 2.27. The van der Waals surface area contributed by atoms with Crippen molar-refractivity contribution in [3.63, 3.8) is 0 Å². The molecule has 15 heavy (non-hydrogen) atoms. The van der Waals surface area contributed by atoms with Gasteiger partial charge in [0.05, 0.1) is 0 Å². The highest BCUT2D eigenvalue weighted by atomic mass is 31.2. The highest BCUT2D eigenvalue weighted by Crippen LogP contribution is 2.46. The van der Waals surface area contributed by atoms with E-state index in [9.17, 15) is 9.36 Å². The molecule has 0 unspecified atom stereocenters. The van der Waals surface area contributed by atoms with Gasteiger partial charge in [0.25, 0.3) is 0 Å². The second kappa shape index (κ2) is 4.70. The standard InChI is InChI=1S/C8H13N2O4P/c1-10-5-4-7(9-10)8(11)6-15(12,13-2)14-3/h4-5H,6H2,1-3H3. The van der Waals surface area contributed by atoms with Gasteiger partial charge in [0.2, 0.25) is 0 Å². The Kier molecular flexibility index (Phi) is 3.79. The lowest BCUT2D eigenvalue weighted by atomic mass is 10.3. The molecule has 1 heterocycles. The number of hydrogen-bond donors (Lipinski definition) is 0. The summed E-state index contributed by atoms with van der Waals surface area (Å²) in [5.74, 6) is -0.359. The Balaban J connectivity index is 2.75. The lowest BCUT2D eigenvalue weighted by Crippen LogP contribution is -2.09. The van der Waals surface area contributed by atoms with E-state index >= 15 is 0 Å². The van der Waals surface area contributed by atoms with Crippen LogP contribution in [0.3, 0.4) is 0 Å². The average Bonchev–Trinajstić information content (AvgIpc) is 2.65. The third kappa shape index (κ3) is 2.99. The maximum atomic E-state index is 11.6. The third-order valence-corrected chi connectivity index (χ3v) is 3.68. The Morgan fingerprint density at radius 3 is 2.53 bits per heavy atom. The molecule has 1 aromatic rings. The van der Waals surface area contributed by atoms with Crippen molar-refractivity contribution in [3.8, 4) is 0 Å². The minimum atomic E-state index is -3.29. The highest BCUT2D eigenvalue weighted by molar-refractivity contribution is 7.54. The second-order valence-corrected chi connectivity index (χ2v) is 5.20. The number of aryl methyl sites for hydroxylation is 1. The number of ketones is 1. The molecule has 7 heteroatoms. The first-order valence-corrected chi connectivity index (χ1v) is 5.97. The summed E-state index contributed by atoms with van der Waals surface area (Å²) < 4.78 is 22.5. The van der Waals surface area contributed by atoms with Crippen molar-refractivity contribution in [2.45, 2.75) is 0 Å². The summed E-state index contributed by atoms with van der Waals surface area (Å²) in [4.78, 5) is 11.6. The van der Waals surface area contributed by atoms with Crippen LogP contribution in [0.15, 0.2) is 12.3 Å². The van der Waals surface area contributed by atoms with E-state index in [1.54, 1.807) is 19.3 Å². The van der Waals surface area contributed by atoms with Crippen LogP contribution in [0.5, 0.6) is 0 Å². The van der Waals surface area contributed by atoms with Gasteiger partial charge in [0, 0.05) is 27.5 Å². The van der Waals surface area contributed by atoms with Gasteiger partial charge in [-0.05, 0) is 6.07 Å². The minimum absolute atomic E-state index is 0.256. The summed E-state index contributed by atoms with van der Waals surface area (Å²) in [5.41, 5.74) is 0.256. The van der Waals surface area contributed by atoms with E-state index in [0.29, 0.717) is 0 Å². The van der Waals surface area contributed by atoms with E-state index in [4.69, 9.17) is 0 Å². The molecule has 0 saturated heterocycles. The van der Waals surface area contributed by atoms with Gasteiger partial charge in [-0.15, -0.1) is 0 Å². The first-order chi connectivity index (χ1) is 7.00. The first kappa shape index (κ1) is 12.1. The molecule has 0 amide bonds. The number of carbonyl (C=O) groups is 1. The zero-order valence-corrected chi connectivity index (χ0v) is 9.73. The zero-order chi connectivity index (χ0) is 11.5. The molecule has 6 nitrogen and oxygen atoms in total. The van der Waals surface area contributed by atoms with Crippen molar-refractivity contribution in [2.24, 2.45) is 7.05 Å². The quantitative estimate of drug-likeness (QED) is 0.561. The van der Waals surface area contributed by atoms with Crippen LogP contribution in [0.25, 0.3) is 0 Å². The molecule has 0 fully saturated rings. The fourth-order valence-corrected chi connectivity index (χ4v) is 1.95. The van der Waals surface area contributed by atoms with Crippen LogP contribution in [-0.2, 0) is 20.7 Å². The summed E-state index contributed by atoms with van der Waals surface area (Å²) in [6.07, 6.45) is 1.34. The van der Waals surface area contributed by atoms with Crippen molar-refractivity contribution in [3.05, 3.63) is 18.0 Å². The number of carbonyl (C=O) groups excluding carboxylic acids is 1. The summed E-state index contributed by atoms with van der Waals surface area (Å²) in [7, 11) is 0.897. The van der Waals surface area contributed by atoms with Crippen LogP contribution in [-0.4, -0.2) is 35.9 Å². The molecule has 1 aromatic heterocycles. The molecular weight excluding hydrogens is 219 g/mol. The Labute approximate surface area is 87.7 Å². The second-order valence-electron chi connectivity index (χ2n) is 2.93. The number of hydrogen-bond acceptors (Lipinski definition) is 5. The van der Waals surface area contributed by atoms with E-state index in [-0.39, 0.29) is 17.6 Å². The fraction of sp³-hybridized carbons (Fsp3) is 0.500. The van der Waals surface area contributed by atoms with Crippen LogP contribution in [0, 0.1) is 0 Å².